The monoisotopic (exact) mass is 370 g/mol. The molecular weight excluding hydrogens is 352 g/mol. The number of hydrogen-bond acceptors (Lipinski definition) is 6. The first-order valence-electron chi connectivity index (χ1n) is 8.64. The van der Waals surface area contributed by atoms with E-state index in [0.717, 1.165) is 5.56 Å². The highest BCUT2D eigenvalue weighted by atomic mass is 32.1. The lowest BCUT2D eigenvalue weighted by molar-refractivity contribution is -0.138. The number of likely N-dealkylation sites (tertiary alicyclic amines) is 1. The molecule has 4 heterocycles. The van der Waals surface area contributed by atoms with Gasteiger partial charge < -0.3 is 20.3 Å². The number of anilines is 1. The van der Waals surface area contributed by atoms with E-state index in [1.807, 2.05) is 35.2 Å². The summed E-state index contributed by atoms with van der Waals surface area (Å²) in [6, 6.07) is 9.67. The fraction of sp³-hybridized carbons (Fsp3) is 0.389. The number of carbonyl (C=O) groups is 2. The summed E-state index contributed by atoms with van der Waals surface area (Å²) >= 11 is 1.17. The van der Waals surface area contributed by atoms with Crippen molar-refractivity contribution in [1.29, 1.82) is 0 Å². The SMILES string of the molecule is Nc1ncc(C(=O)N2CC[C@@]34O[C@@H](c5ccccc5)CN3C(=O)C[C@@H]24)s1. The molecule has 3 aliphatic rings. The Morgan fingerprint density at radius 3 is 2.88 bits per heavy atom. The molecule has 3 atom stereocenters. The molecule has 3 saturated heterocycles. The summed E-state index contributed by atoms with van der Waals surface area (Å²) in [5.41, 5.74) is 6.01. The quantitative estimate of drug-likeness (QED) is 0.868. The second-order valence-corrected chi connectivity index (χ2v) is 7.96. The van der Waals surface area contributed by atoms with Crippen molar-refractivity contribution in [3.05, 3.63) is 47.0 Å². The predicted octanol–water partition coefficient (Wildman–Crippen LogP) is 1.64. The molecule has 0 aliphatic carbocycles. The second kappa shape index (κ2) is 5.52. The van der Waals surface area contributed by atoms with Crippen LogP contribution < -0.4 is 5.73 Å². The summed E-state index contributed by atoms with van der Waals surface area (Å²) in [6.07, 6.45) is 2.29. The van der Waals surface area contributed by atoms with Crippen LogP contribution in [0.3, 0.4) is 0 Å². The Bertz CT molecular complexity index is 886. The number of hydrogen-bond donors (Lipinski definition) is 1. The first-order chi connectivity index (χ1) is 12.6. The van der Waals surface area contributed by atoms with Gasteiger partial charge in [0.2, 0.25) is 5.91 Å². The van der Waals surface area contributed by atoms with E-state index in [2.05, 4.69) is 4.98 Å². The normalized spacial score (nSPS) is 29.9. The lowest BCUT2D eigenvalue weighted by Gasteiger charge is -2.31. The molecule has 5 rings (SSSR count). The summed E-state index contributed by atoms with van der Waals surface area (Å²) < 4.78 is 6.45. The number of benzene rings is 1. The third-order valence-corrected chi connectivity index (χ3v) is 6.41. The molecule has 1 aromatic heterocycles. The molecule has 1 aromatic carbocycles. The number of amides is 2. The zero-order valence-corrected chi connectivity index (χ0v) is 14.8. The van der Waals surface area contributed by atoms with E-state index in [1.165, 1.54) is 17.5 Å². The van der Waals surface area contributed by atoms with Crippen LogP contribution in [-0.4, -0.2) is 51.5 Å². The van der Waals surface area contributed by atoms with Crippen molar-refractivity contribution in [3.8, 4) is 0 Å². The van der Waals surface area contributed by atoms with Crippen molar-refractivity contribution >= 4 is 28.3 Å². The van der Waals surface area contributed by atoms with Crippen LogP contribution in [0.1, 0.15) is 34.2 Å². The van der Waals surface area contributed by atoms with E-state index in [9.17, 15) is 9.59 Å². The van der Waals surface area contributed by atoms with Crippen molar-refractivity contribution in [2.75, 3.05) is 18.8 Å². The van der Waals surface area contributed by atoms with Crippen molar-refractivity contribution in [3.63, 3.8) is 0 Å². The van der Waals surface area contributed by atoms with Gasteiger partial charge in [-0.1, -0.05) is 41.7 Å². The fourth-order valence-electron chi connectivity index (χ4n) is 4.44. The molecule has 2 N–H and O–H groups in total. The van der Waals surface area contributed by atoms with Gasteiger partial charge in [0.25, 0.3) is 5.91 Å². The summed E-state index contributed by atoms with van der Waals surface area (Å²) in [5.74, 6) is -0.0720. The van der Waals surface area contributed by atoms with Gasteiger partial charge in [0, 0.05) is 13.0 Å². The van der Waals surface area contributed by atoms with Gasteiger partial charge in [0.05, 0.1) is 25.2 Å². The minimum absolute atomic E-state index is 0.0507. The van der Waals surface area contributed by atoms with Gasteiger partial charge >= 0.3 is 0 Å². The Labute approximate surface area is 154 Å². The van der Waals surface area contributed by atoms with Crippen LogP contribution in [0.15, 0.2) is 36.5 Å². The summed E-state index contributed by atoms with van der Waals surface area (Å²) in [6.45, 7) is 1.10. The maximum absolute atomic E-state index is 12.9. The average Bonchev–Trinajstić information content (AvgIpc) is 3.37. The van der Waals surface area contributed by atoms with Gasteiger partial charge in [-0.3, -0.25) is 9.59 Å². The van der Waals surface area contributed by atoms with Crippen LogP contribution in [0.5, 0.6) is 0 Å². The molecule has 0 radical (unpaired) electrons. The van der Waals surface area contributed by atoms with Crippen LogP contribution in [-0.2, 0) is 9.53 Å². The fourth-order valence-corrected chi connectivity index (χ4v) is 5.08. The van der Waals surface area contributed by atoms with Gasteiger partial charge in [-0.2, -0.15) is 0 Å². The van der Waals surface area contributed by atoms with Crippen LogP contribution in [0.2, 0.25) is 0 Å². The van der Waals surface area contributed by atoms with Crippen LogP contribution >= 0.6 is 11.3 Å². The number of rotatable bonds is 2. The van der Waals surface area contributed by atoms with E-state index in [1.54, 1.807) is 4.90 Å². The highest BCUT2D eigenvalue weighted by Gasteiger charge is 2.65. The van der Waals surface area contributed by atoms with Gasteiger partial charge in [-0.25, -0.2) is 4.98 Å². The lowest BCUT2D eigenvalue weighted by Crippen LogP contribution is -2.48. The number of nitrogen functional groups attached to an aromatic ring is 1. The van der Waals surface area contributed by atoms with Crippen molar-refractivity contribution < 1.29 is 14.3 Å². The van der Waals surface area contributed by atoms with E-state index < -0.39 is 5.72 Å². The predicted molar refractivity (Wildman–Crippen MR) is 95.3 cm³/mol. The molecule has 26 heavy (non-hydrogen) atoms. The van der Waals surface area contributed by atoms with Gasteiger partial charge in [0.15, 0.2) is 10.9 Å². The van der Waals surface area contributed by atoms with Gasteiger partial charge in [-0.05, 0) is 5.56 Å². The average molecular weight is 370 g/mol. The molecule has 134 valence electrons. The summed E-state index contributed by atoms with van der Waals surface area (Å²) in [5, 5.41) is 0.368. The summed E-state index contributed by atoms with van der Waals surface area (Å²) in [4.78, 5) is 33.6. The standard InChI is InChI=1S/C18H18N4O3S/c19-17-20-9-13(26-17)16(24)21-7-6-18-14(21)8-15(23)22(18)10-12(25-18)11-4-2-1-3-5-11/h1-5,9,12,14H,6-8,10H2,(H2,19,20)/t12-,14-,18+/m1/s1. The zero-order valence-electron chi connectivity index (χ0n) is 14.0. The minimum Gasteiger partial charge on any atom is -0.375 e. The van der Waals surface area contributed by atoms with Crippen LogP contribution in [0.4, 0.5) is 5.13 Å². The lowest BCUT2D eigenvalue weighted by atomic mass is 10.1. The van der Waals surface area contributed by atoms with Crippen LogP contribution in [0.25, 0.3) is 0 Å². The first kappa shape index (κ1) is 15.8. The zero-order chi connectivity index (χ0) is 17.9. The molecule has 2 amide bonds. The Balaban J connectivity index is 1.45. The Hall–Kier alpha value is -2.45. The molecule has 7 nitrogen and oxygen atoms in total. The molecule has 0 saturated carbocycles. The summed E-state index contributed by atoms with van der Waals surface area (Å²) in [7, 11) is 0. The number of nitrogens with two attached hydrogens (primary N) is 1. The molecule has 0 bridgehead atoms. The molecule has 8 heteroatoms. The van der Waals surface area contributed by atoms with E-state index in [0.29, 0.717) is 35.9 Å². The molecular formula is C18H18N4O3S. The Kier molecular flexibility index (Phi) is 3.35. The number of ether oxygens (including phenoxy) is 1. The first-order valence-corrected chi connectivity index (χ1v) is 9.46. The van der Waals surface area contributed by atoms with Crippen molar-refractivity contribution in [2.24, 2.45) is 0 Å². The Morgan fingerprint density at radius 1 is 1.35 bits per heavy atom. The number of thiazole rings is 1. The van der Waals surface area contributed by atoms with Crippen molar-refractivity contribution in [1.82, 2.24) is 14.8 Å². The molecule has 3 fully saturated rings. The smallest absolute Gasteiger partial charge is 0.266 e. The molecule has 1 spiro atoms. The third kappa shape index (κ3) is 2.12. The third-order valence-electron chi connectivity index (χ3n) is 5.60. The van der Waals surface area contributed by atoms with Crippen molar-refractivity contribution in [2.45, 2.75) is 30.7 Å². The van der Waals surface area contributed by atoms with E-state index in [4.69, 9.17) is 10.5 Å². The number of aromatic nitrogens is 1. The number of nitrogens with zero attached hydrogens (tertiary/aromatic N) is 3. The highest BCUT2D eigenvalue weighted by molar-refractivity contribution is 7.17. The van der Waals surface area contributed by atoms with Gasteiger partial charge in [-0.15, -0.1) is 0 Å². The molecule has 0 unspecified atom stereocenters. The van der Waals surface area contributed by atoms with E-state index in [-0.39, 0.29) is 24.0 Å². The topological polar surface area (TPSA) is 88.8 Å². The number of carbonyl (C=O) groups excluding carboxylic acids is 2. The molecule has 2 aromatic rings. The highest BCUT2D eigenvalue weighted by Crippen LogP contribution is 2.50. The second-order valence-electron chi connectivity index (χ2n) is 6.90. The maximum Gasteiger partial charge on any atom is 0.266 e. The largest absolute Gasteiger partial charge is 0.375 e. The van der Waals surface area contributed by atoms with Crippen LogP contribution in [0, 0.1) is 0 Å². The van der Waals surface area contributed by atoms with Gasteiger partial charge in [0.1, 0.15) is 11.0 Å². The Morgan fingerprint density at radius 2 is 2.15 bits per heavy atom. The maximum atomic E-state index is 12.9. The minimum atomic E-state index is -0.705. The van der Waals surface area contributed by atoms with E-state index >= 15 is 0 Å². The molecule has 3 aliphatic heterocycles.